The van der Waals surface area contributed by atoms with Crippen molar-refractivity contribution < 1.29 is 9.47 Å². The molecule has 2 aliphatic heterocycles. The zero-order valence-corrected chi connectivity index (χ0v) is 12.2. The molecule has 2 fully saturated rings. The summed E-state index contributed by atoms with van der Waals surface area (Å²) in [5.74, 6) is 0.633. The molecule has 1 aromatic rings. The molecule has 0 aliphatic carbocycles. The van der Waals surface area contributed by atoms with Crippen LogP contribution >= 0.6 is 0 Å². The van der Waals surface area contributed by atoms with E-state index >= 15 is 0 Å². The van der Waals surface area contributed by atoms with Crippen LogP contribution in [-0.4, -0.2) is 45.6 Å². The van der Waals surface area contributed by atoms with Gasteiger partial charge in [0.15, 0.2) is 0 Å². The number of rotatable bonds is 4. The minimum atomic E-state index is 0.465. The Balaban J connectivity index is 1.57. The van der Waals surface area contributed by atoms with Crippen LogP contribution in [0.15, 0.2) is 24.3 Å². The predicted octanol–water partition coefficient (Wildman–Crippen LogP) is 2.36. The van der Waals surface area contributed by atoms with E-state index in [0.29, 0.717) is 12.0 Å². The highest BCUT2D eigenvalue weighted by Gasteiger charge is 2.22. The van der Waals surface area contributed by atoms with Crippen molar-refractivity contribution in [1.29, 1.82) is 0 Å². The maximum absolute atomic E-state index is 5.46. The van der Waals surface area contributed by atoms with Crippen molar-refractivity contribution in [2.45, 2.75) is 19.4 Å². The van der Waals surface area contributed by atoms with Crippen molar-refractivity contribution in [1.82, 2.24) is 0 Å². The summed E-state index contributed by atoms with van der Waals surface area (Å²) in [6.45, 7) is 7.69. The third kappa shape index (κ3) is 3.25. The summed E-state index contributed by atoms with van der Waals surface area (Å²) >= 11 is 0. The summed E-state index contributed by atoms with van der Waals surface area (Å²) < 4.78 is 10.8. The first-order valence-corrected chi connectivity index (χ1v) is 7.60. The van der Waals surface area contributed by atoms with Crippen LogP contribution in [0.1, 0.15) is 13.3 Å². The van der Waals surface area contributed by atoms with Gasteiger partial charge in [0.05, 0.1) is 19.8 Å². The molecule has 2 unspecified atom stereocenters. The number of nitrogens with one attached hydrogen (secondary N) is 1. The number of benzene rings is 1. The Morgan fingerprint density at radius 3 is 2.50 bits per heavy atom. The van der Waals surface area contributed by atoms with Crippen molar-refractivity contribution in [3.8, 4) is 0 Å². The standard InChI is InChI=1S/C16H24N2O2/c1-13(14-6-9-20-12-14)17-15-2-4-16(5-3-15)18-7-10-19-11-8-18/h2-5,13-14,17H,6-12H2,1H3. The van der Waals surface area contributed by atoms with Crippen LogP contribution in [0.3, 0.4) is 0 Å². The Hall–Kier alpha value is -1.26. The van der Waals surface area contributed by atoms with E-state index in [2.05, 4.69) is 41.4 Å². The summed E-state index contributed by atoms with van der Waals surface area (Å²) in [7, 11) is 0. The second-order valence-electron chi connectivity index (χ2n) is 5.70. The molecule has 2 heterocycles. The van der Waals surface area contributed by atoms with Gasteiger partial charge in [0.1, 0.15) is 0 Å². The maximum atomic E-state index is 5.46. The molecule has 1 N–H and O–H groups in total. The minimum absolute atomic E-state index is 0.465. The Kier molecular flexibility index (Phi) is 4.43. The third-order valence-electron chi connectivity index (χ3n) is 4.31. The normalized spacial score (nSPS) is 24.6. The molecular formula is C16H24N2O2. The van der Waals surface area contributed by atoms with Gasteiger partial charge in [-0.3, -0.25) is 0 Å². The van der Waals surface area contributed by atoms with Gasteiger partial charge in [-0.2, -0.15) is 0 Å². The molecule has 0 spiro atoms. The van der Waals surface area contributed by atoms with Crippen LogP contribution in [0, 0.1) is 5.92 Å². The van der Waals surface area contributed by atoms with Crippen LogP contribution < -0.4 is 10.2 Å². The predicted molar refractivity (Wildman–Crippen MR) is 81.5 cm³/mol. The zero-order chi connectivity index (χ0) is 13.8. The number of hydrogen-bond donors (Lipinski definition) is 1. The number of hydrogen-bond acceptors (Lipinski definition) is 4. The highest BCUT2D eigenvalue weighted by molar-refractivity contribution is 5.55. The molecule has 1 aromatic carbocycles. The van der Waals surface area contributed by atoms with Crippen LogP contribution in [0.2, 0.25) is 0 Å². The number of anilines is 2. The lowest BCUT2D eigenvalue weighted by Crippen LogP contribution is -2.36. The van der Waals surface area contributed by atoms with Gasteiger partial charge in [-0.1, -0.05) is 0 Å². The van der Waals surface area contributed by atoms with E-state index in [0.717, 1.165) is 39.5 Å². The summed E-state index contributed by atoms with van der Waals surface area (Å²) in [4.78, 5) is 2.38. The summed E-state index contributed by atoms with van der Waals surface area (Å²) in [6.07, 6.45) is 1.17. The van der Waals surface area contributed by atoms with Gasteiger partial charge >= 0.3 is 0 Å². The van der Waals surface area contributed by atoms with E-state index in [1.807, 2.05) is 0 Å². The van der Waals surface area contributed by atoms with E-state index in [-0.39, 0.29) is 0 Å². The van der Waals surface area contributed by atoms with Gasteiger partial charge in [0, 0.05) is 43.0 Å². The monoisotopic (exact) mass is 276 g/mol. The first-order valence-electron chi connectivity index (χ1n) is 7.60. The molecule has 110 valence electrons. The first-order chi connectivity index (χ1) is 9.83. The lowest BCUT2D eigenvalue weighted by molar-refractivity contribution is 0.122. The van der Waals surface area contributed by atoms with Crippen LogP contribution in [0.4, 0.5) is 11.4 Å². The largest absolute Gasteiger partial charge is 0.382 e. The van der Waals surface area contributed by atoms with Gasteiger partial charge in [-0.25, -0.2) is 0 Å². The average Bonchev–Trinajstić information content (AvgIpc) is 3.03. The molecular weight excluding hydrogens is 252 g/mol. The Morgan fingerprint density at radius 1 is 1.10 bits per heavy atom. The van der Waals surface area contributed by atoms with Crippen LogP contribution in [-0.2, 0) is 9.47 Å². The number of ether oxygens (including phenoxy) is 2. The van der Waals surface area contributed by atoms with E-state index < -0.39 is 0 Å². The molecule has 4 heteroatoms. The third-order valence-corrected chi connectivity index (χ3v) is 4.31. The molecule has 20 heavy (non-hydrogen) atoms. The molecule has 0 amide bonds. The Bertz CT molecular complexity index is 409. The molecule has 2 saturated heterocycles. The fraction of sp³-hybridized carbons (Fsp3) is 0.625. The van der Waals surface area contributed by atoms with Gasteiger partial charge in [0.2, 0.25) is 0 Å². The zero-order valence-electron chi connectivity index (χ0n) is 12.2. The van der Waals surface area contributed by atoms with Gasteiger partial charge < -0.3 is 19.7 Å². The first kappa shape index (κ1) is 13.7. The fourth-order valence-corrected chi connectivity index (χ4v) is 2.92. The van der Waals surface area contributed by atoms with Gasteiger partial charge in [-0.05, 0) is 37.6 Å². The smallest absolute Gasteiger partial charge is 0.0642 e. The molecule has 2 atom stereocenters. The summed E-state index contributed by atoms with van der Waals surface area (Å²) in [6, 6.07) is 9.22. The molecule has 0 saturated carbocycles. The second-order valence-corrected chi connectivity index (χ2v) is 5.70. The van der Waals surface area contributed by atoms with Crippen molar-refractivity contribution >= 4 is 11.4 Å². The minimum Gasteiger partial charge on any atom is -0.382 e. The van der Waals surface area contributed by atoms with E-state index in [1.54, 1.807) is 0 Å². The SMILES string of the molecule is CC(Nc1ccc(N2CCOCC2)cc1)C1CCOC1. The molecule has 0 bridgehead atoms. The van der Waals surface area contributed by atoms with Gasteiger partial charge in [0.25, 0.3) is 0 Å². The fourth-order valence-electron chi connectivity index (χ4n) is 2.92. The van der Waals surface area contributed by atoms with Crippen molar-refractivity contribution in [2.24, 2.45) is 5.92 Å². The van der Waals surface area contributed by atoms with Crippen LogP contribution in [0.25, 0.3) is 0 Å². The lowest BCUT2D eigenvalue weighted by Gasteiger charge is -2.29. The maximum Gasteiger partial charge on any atom is 0.0642 e. The summed E-state index contributed by atoms with van der Waals surface area (Å²) in [5, 5.41) is 3.59. The summed E-state index contributed by atoms with van der Waals surface area (Å²) in [5.41, 5.74) is 2.48. The topological polar surface area (TPSA) is 33.7 Å². The van der Waals surface area contributed by atoms with Crippen molar-refractivity contribution in [3.05, 3.63) is 24.3 Å². The second kappa shape index (κ2) is 6.46. The molecule has 0 radical (unpaired) electrons. The van der Waals surface area contributed by atoms with Crippen molar-refractivity contribution in [3.63, 3.8) is 0 Å². The lowest BCUT2D eigenvalue weighted by atomic mass is 10.0. The Labute approximate surface area is 121 Å². The average molecular weight is 276 g/mol. The van der Waals surface area contributed by atoms with E-state index in [4.69, 9.17) is 9.47 Å². The quantitative estimate of drug-likeness (QED) is 0.915. The highest BCUT2D eigenvalue weighted by atomic mass is 16.5. The van der Waals surface area contributed by atoms with Crippen LogP contribution in [0.5, 0.6) is 0 Å². The number of nitrogens with zero attached hydrogens (tertiary/aromatic N) is 1. The van der Waals surface area contributed by atoms with E-state index in [1.165, 1.54) is 17.8 Å². The molecule has 2 aliphatic rings. The van der Waals surface area contributed by atoms with Crippen molar-refractivity contribution in [2.75, 3.05) is 49.7 Å². The molecule has 3 rings (SSSR count). The number of morpholine rings is 1. The Morgan fingerprint density at radius 2 is 1.85 bits per heavy atom. The molecule has 4 nitrogen and oxygen atoms in total. The highest BCUT2D eigenvalue weighted by Crippen LogP contribution is 2.23. The molecule has 0 aromatic heterocycles. The van der Waals surface area contributed by atoms with E-state index in [9.17, 15) is 0 Å². The van der Waals surface area contributed by atoms with Gasteiger partial charge in [-0.15, -0.1) is 0 Å².